The van der Waals surface area contributed by atoms with Gasteiger partial charge in [0, 0.05) is 13.0 Å². The maximum Gasteiger partial charge on any atom is 0.230 e. The highest BCUT2D eigenvalue weighted by atomic mass is 16.4. The second-order valence-corrected chi connectivity index (χ2v) is 5.13. The van der Waals surface area contributed by atoms with Gasteiger partial charge >= 0.3 is 0 Å². The van der Waals surface area contributed by atoms with Crippen LogP contribution in [0.2, 0.25) is 0 Å². The van der Waals surface area contributed by atoms with Crippen LogP contribution >= 0.6 is 0 Å². The number of hydrogen-bond donors (Lipinski definition) is 1. The molecule has 2 unspecified atom stereocenters. The highest BCUT2D eigenvalue weighted by Gasteiger charge is 2.29. The van der Waals surface area contributed by atoms with Gasteiger partial charge in [0.1, 0.15) is 0 Å². The molecule has 2 N–H and O–H groups in total. The zero-order chi connectivity index (χ0) is 13.0. The molecule has 1 aromatic heterocycles. The first-order chi connectivity index (χ1) is 8.74. The van der Waals surface area contributed by atoms with Gasteiger partial charge in [0.2, 0.25) is 11.8 Å². The zero-order valence-electron chi connectivity index (χ0n) is 11.4. The third-order valence-electron chi connectivity index (χ3n) is 3.95. The van der Waals surface area contributed by atoms with Crippen LogP contribution in [0.25, 0.3) is 0 Å². The van der Waals surface area contributed by atoms with Crippen LogP contribution in [0.4, 0.5) is 0 Å². The van der Waals surface area contributed by atoms with Gasteiger partial charge in [-0.1, -0.05) is 19.8 Å². The van der Waals surface area contributed by atoms with E-state index in [4.69, 9.17) is 10.2 Å². The van der Waals surface area contributed by atoms with E-state index >= 15 is 0 Å². The van der Waals surface area contributed by atoms with E-state index in [-0.39, 0.29) is 0 Å². The van der Waals surface area contributed by atoms with Crippen molar-refractivity contribution in [3.63, 3.8) is 0 Å². The van der Waals surface area contributed by atoms with Gasteiger partial charge in [-0.05, 0) is 31.8 Å². The monoisotopic (exact) mass is 252 g/mol. The predicted molar refractivity (Wildman–Crippen MR) is 69.9 cm³/mol. The Morgan fingerprint density at radius 3 is 2.72 bits per heavy atom. The van der Waals surface area contributed by atoms with Crippen molar-refractivity contribution in [2.75, 3.05) is 13.1 Å². The average molecular weight is 252 g/mol. The van der Waals surface area contributed by atoms with Gasteiger partial charge in [-0.15, -0.1) is 10.2 Å². The summed E-state index contributed by atoms with van der Waals surface area (Å²) in [7, 11) is 0. The Labute approximate surface area is 109 Å². The standard InChI is InChI=1S/C13H24N4O/c1-3-17(9-13-16-15-10(2)18-13)12-7-5-4-6-11(12)8-14/h11-12H,3-9,14H2,1-2H3. The van der Waals surface area contributed by atoms with Crippen LogP contribution in [0, 0.1) is 12.8 Å². The highest BCUT2D eigenvalue weighted by molar-refractivity contribution is 4.87. The third-order valence-corrected chi connectivity index (χ3v) is 3.95. The fraction of sp³-hybridized carbons (Fsp3) is 0.846. The van der Waals surface area contributed by atoms with Crippen molar-refractivity contribution in [1.82, 2.24) is 15.1 Å². The molecule has 1 heterocycles. The van der Waals surface area contributed by atoms with Gasteiger partial charge in [-0.2, -0.15) is 0 Å². The van der Waals surface area contributed by atoms with E-state index in [1.54, 1.807) is 0 Å². The average Bonchev–Trinajstić information content (AvgIpc) is 2.81. The van der Waals surface area contributed by atoms with Crippen LogP contribution in [0.3, 0.4) is 0 Å². The molecule has 18 heavy (non-hydrogen) atoms. The first kappa shape index (κ1) is 13.5. The van der Waals surface area contributed by atoms with E-state index in [0.717, 1.165) is 25.5 Å². The van der Waals surface area contributed by atoms with E-state index in [9.17, 15) is 0 Å². The van der Waals surface area contributed by atoms with Crippen LogP contribution in [0.15, 0.2) is 4.42 Å². The van der Waals surface area contributed by atoms with Crippen molar-refractivity contribution in [2.24, 2.45) is 11.7 Å². The Morgan fingerprint density at radius 1 is 1.33 bits per heavy atom. The van der Waals surface area contributed by atoms with Gasteiger partial charge in [-0.25, -0.2) is 0 Å². The SMILES string of the molecule is CCN(Cc1nnc(C)o1)C1CCCCC1CN. The second kappa shape index (κ2) is 6.29. The molecule has 1 aromatic rings. The molecule has 0 bridgehead atoms. The summed E-state index contributed by atoms with van der Waals surface area (Å²) in [5.41, 5.74) is 5.91. The van der Waals surface area contributed by atoms with Gasteiger partial charge < -0.3 is 10.2 Å². The Bertz CT molecular complexity index is 366. The minimum atomic E-state index is 0.570. The Hall–Kier alpha value is -0.940. The second-order valence-electron chi connectivity index (χ2n) is 5.13. The van der Waals surface area contributed by atoms with Crippen LogP contribution < -0.4 is 5.73 Å². The lowest BCUT2D eigenvalue weighted by Crippen LogP contribution is -2.44. The summed E-state index contributed by atoms with van der Waals surface area (Å²) in [6, 6.07) is 0.570. The molecule has 1 aliphatic carbocycles. The molecule has 0 spiro atoms. The molecule has 102 valence electrons. The summed E-state index contributed by atoms with van der Waals surface area (Å²) in [4.78, 5) is 2.43. The molecule has 2 atom stereocenters. The van der Waals surface area contributed by atoms with Crippen molar-refractivity contribution < 1.29 is 4.42 Å². The molecule has 1 aliphatic rings. The van der Waals surface area contributed by atoms with E-state index in [0.29, 0.717) is 17.9 Å². The number of rotatable bonds is 5. The third kappa shape index (κ3) is 3.09. The first-order valence-corrected chi connectivity index (χ1v) is 6.97. The highest BCUT2D eigenvalue weighted by Crippen LogP contribution is 2.28. The summed E-state index contributed by atoms with van der Waals surface area (Å²) in [5, 5.41) is 7.98. The quantitative estimate of drug-likeness (QED) is 0.864. The maximum atomic E-state index is 5.91. The van der Waals surface area contributed by atoms with Crippen LogP contribution in [0.5, 0.6) is 0 Å². The molecule has 0 aliphatic heterocycles. The van der Waals surface area contributed by atoms with Crippen molar-refractivity contribution in [2.45, 2.75) is 52.1 Å². The number of aromatic nitrogens is 2. The van der Waals surface area contributed by atoms with Crippen molar-refractivity contribution in [3.8, 4) is 0 Å². The lowest BCUT2D eigenvalue weighted by Gasteiger charge is -2.38. The normalized spacial score (nSPS) is 24.7. The van der Waals surface area contributed by atoms with Crippen molar-refractivity contribution in [1.29, 1.82) is 0 Å². The first-order valence-electron chi connectivity index (χ1n) is 6.97. The van der Waals surface area contributed by atoms with E-state index in [2.05, 4.69) is 22.0 Å². The predicted octanol–water partition coefficient (Wildman–Crippen LogP) is 1.72. The molecule has 0 radical (unpaired) electrons. The number of nitrogens with two attached hydrogens (primary N) is 1. The lowest BCUT2D eigenvalue weighted by molar-refractivity contribution is 0.0963. The Morgan fingerprint density at radius 2 is 2.11 bits per heavy atom. The van der Waals surface area contributed by atoms with Crippen LogP contribution in [-0.2, 0) is 6.54 Å². The molecule has 0 aromatic carbocycles. The molecule has 0 amide bonds. The number of aryl methyl sites for hydroxylation is 1. The fourth-order valence-electron chi connectivity index (χ4n) is 2.98. The molecule has 5 heteroatoms. The topological polar surface area (TPSA) is 68.2 Å². The molecule has 1 fully saturated rings. The number of hydrogen-bond acceptors (Lipinski definition) is 5. The summed E-state index contributed by atoms with van der Waals surface area (Å²) in [6.45, 7) is 6.55. The van der Waals surface area contributed by atoms with E-state index < -0.39 is 0 Å². The molecule has 1 saturated carbocycles. The van der Waals surface area contributed by atoms with Crippen molar-refractivity contribution in [3.05, 3.63) is 11.8 Å². The fourth-order valence-corrected chi connectivity index (χ4v) is 2.98. The van der Waals surface area contributed by atoms with Crippen molar-refractivity contribution >= 4 is 0 Å². The summed E-state index contributed by atoms with van der Waals surface area (Å²) < 4.78 is 5.48. The molecule has 0 saturated heterocycles. The van der Waals surface area contributed by atoms with Crippen LogP contribution in [-0.4, -0.2) is 34.2 Å². The molecule has 2 rings (SSSR count). The molecule has 5 nitrogen and oxygen atoms in total. The summed E-state index contributed by atoms with van der Waals surface area (Å²) in [5.74, 6) is 1.97. The van der Waals surface area contributed by atoms with Gasteiger partial charge in [0.25, 0.3) is 0 Å². The lowest BCUT2D eigenvalue weighted by atomic mass is 9.83. The zero-order valence-corrected chi connectivity index (χ0v) is 11.4. The maximum absolute atomic E-state index is 5.91. The molecular formula is C13H24N4O. The van der Waals surface area contributed by atoms with Crippen LogP contribution in [0.1, 0.15) is 44.4 Å². The number of nitrogens with zero attached hydrogens (tertiary/aromatic N) is 3. The minimum absolute atomic E-state index is 0.570. The summed E-state index contributed by atoms with van der Waals surface area (Å²) >= 11 is 0. The Kier molecular flexibility index (Phi) is 4.72. The van der Waals surface area contributed by atoms with E-state index in [1.807, 2.05) is 6.92 Å². The molecular weight excluding hydrogens is 228 g/mol. The van der Waals surface area contributed by atoms with Gasteiger partial charge in [0.15, 0.2) is 0 Å². The largest absolute Gasteiger partial charge is 0.424 e. The minimum Gasteiger partial charge on any atom is -0.424 e. The Balaban J connectivity index is 2.02. The van der Waals surface area contributed by atoms with Gasteiger partial charge in [0.05, 0.1) is 6.54 Å². The smallest absolute Gasteiger partial charge is 0.230 e. The summed E-state index contributed by atoms with van der Waals surface area (Å²) in [6.07, 6.45) is 5.11. The van der Waals surface area contributed by atoms with E-state index in [1.165, 1.54) is 25.7 Å². The van der Waals surface area contributed by atoms with Gasteiger partial charge in [-0.3, -0.25) is 4.90 Å².